The Labute approximate surface area is 135 Å². The smallest absolute Gasteiger partial charge is 0.321 e. The molecule has 0 atom stereocenters. The average molecular weight is 315 g/mol. The second-order valence-corrected chi connectivity index (χ2v) is 5.76. The third-order valence-corrected chi connectivity index (χ3v) is 3.86. The Balaban J connectivity index is 1.61. The van der Waals surface area contributed by atoms with E-state index in [-0.39, 0.29) is 6.03 Å². The lowest BCUT2D eigenvalue weighted by Gasteiger charge is -2.20. The minimum absolute atomic E-state index is 0.203. The number of hydrogen-bond acceptors (Lipinski definition) is 5. The average Bonchev–Trinajstić information content (AvgIpc) is 3.19. The van der Waals surface area contributed by atoms with Gasteiger partial charge in [-0.25, -0.2) is 4.79 Å². The summed E-state index contributed by atoms with van der Waals surface area (Å²) in [5.41, 5.74) is 1.94. The van der Waals surface area contributed by atoms with E-state index in [4.69, 9.17) is 4.52 Å². The lowest BCUT2D eigenvalue weighted by Crippen LogP contribution is -2.31. The van der Waals surface area contributed by atoms with Crippen molar-refractivity contribution >= 4 is 17.4 Å². The summed E-state index contributed by atoms with van der Waals surface area (Å²) in [4.78, 5) is 20.2. The Bertz CT molecular complexity index is 679. The van der Waals surface area contributed by atoms with Crippen LogP contribution in [0.3, 0.4) is 0 Å². The molecule has 0 radical (unpaired) electrons. The standard InChI is InChI=1S/C16H21N5O2/c1-12-17-15(19-23-12)11-20(2)16(22)18-13-6-5-7-14(10-13)21-8-3-4-9-21/h5-7,10H,3-4,8-9,11H2,1-2H3,(H,18,22). The van der Waals surface area contributed by atoms with Gasteiger partial charge in [0.05, 0.1) is 6.54 Å². The van der Waals surface area contributed by atoms with Crippen molar-refractivity contribution < 1.29 is 9.32 Å². The Morgan fingerprint density at radius 3 is 2.87 bits per heavy atom. The van der Waals surface area contributed by atoms with Gasteiger partial charge >= 0.3 is 6.03 Å². The van der Waals surface area contributed by atoms with Gasteiger partial charge in [0.15, 0.2) is 5.82 Å². The van der Waals surface area contributed by atoms with Gasteiger partial charge in [-0.15, -0.1) is 0 Å². The van der Waals surface area contributed by atoms with Gasteiger partial charge in [-0.2, -0.15) is 4.98 Å². The van der Waals surface area contributed by atoms with Gasteiger partial charge in [-0.05, 0) is 31.0 Å². The lowest BCUT2D eigenvalue weighted by molar-refractivity contribution is 0.219. The molecule has 1 aromatic heterocycles. The van der Waals surface area contributed by atoms with E-state index in [0.717, 1.165) is 24.5 Å². The van der Waals surface area contributed by atoms with E-state index in [1.165, 1.54) is 17.7 Å². The molecule has 2 aromatic rings. The Morgan fingerprint density at radius 2 is 2.17 bits per heavy atom. The van der Waals surface area contributed by atoms with Gasteiger partial charge in [0.2, 0.25) is 5.89 Å². The molecule has 0 saturated carbocycles. The van der Waals surface area contributed by atoms with Crippen LogP contribution in [0.2, 0.25) is 0 Å². The maximum Gasteiger partial charge on any atom is 0.321 e. The summed E-state index contributed by atoms with van der Waals surface area (Å²) in [5, 5.41) is 6.70. The van der Waals surface area contributed by atoms with Gasteiger partial charge in [0.1, 0.15) is 0 Å². The van der Waals surface area contributed by atoms with Crippen LogP contribution in [0.25, 0.3) is 0 Å². The van der Waals surface area contributed by atoms with Crippen LogP contribution >= 0.6 is 0 Å². The number of hydrogen-bond donors (Lipinski definition) is 1. The monoisotopic (exact) mass is 315 g/mol. The van der Waals surface area contributed by atoms with Crippen LogP contribution in [0, 0.1) is 6.92 Å². The zero-order valence-corrected chi connectivity index (χ0v) is 13.5. The molecule has 7 heteroatoms. The molecule has 7 nitrogen and oxygen atoms in total. The molecule has 1 aliphatic rings. The maximum atomic E-state index is 12.3. The van der Waals surface area contributed by atoms with Crippen molar-refractivity contribution in [1.29, 1.82) is 0 Å². The summed E-state index contributed by atoms with van der Waals surface area (Å²) >= 11 is 0. The minimum Gasteiger partial charge on any atom is -0.371 e. The molecule has 1 N–H and O–H groups in total. The van der Waals surface area contributed by atoms with Crippen molar-refractivity contribution in [3.63, 3.8) is 0 Å². The highest BCUT2D eigenvalue weighted by molar-refractivity contribution is 5.89. The van der Waals surface area contributed by atoms with Gasteiger partial charge in [-0.1, -0.05) is 11.2 Å². The Kier molecular flexibility index (Phi) is 4.45. The van der Waals surface area contributed by atoms with Gasteiger partial charge < -0.3 is 19.6 Å². The molecule has 0 aliphatic carbocycles. The van der Waals surface area contributed by atoms with Crippen LogP contribution in [-0.4, -0.2) is 41.2 Å². The van der Waals surface area contributed by atoms with Gasteiger partial charge in [0.25, 0.3) is 0 Å². The third kappa shape index (κ3) is 3.80. The predicted octanol–water partition coefficient (Wildman–Crippen LogP) is 2.64. The van der Waals surface area contributed by atoms with Crippen molar-refractivity contribution in [3.05, 3.63) is 36.0 Å². The fraction of sp³-hybridized carbons (Fsp3) is 0.438. The first kappa shape index (κ1) is 15.3. The van der Waals surface area contributed by atoms with Crippen molar-refractivity contribution in [2.45, 2.75) is 26.3 Å². The number of carbonyl (C=O) groups is 1. The number of anilines is 2. The Morgan fingerprint density at radius 1 is 1.39 bits per heavy atom. The van der Waals surface area contributed by atoms with Gasteiger partial charge in [0, 0.05) is 38.4 Å². The van der Waals surface area contributed by atoms with Crippen LogP contribution in [0.15, 0.2) is 28.8 Å². The first-order valence-corrected chi connectivity index (χ1v) is 7.78. The van der Waals surface area contributed by atoms with Crippen molar-refractivity contribution in [3.8, 4) is 0 Å². The summed E-state index contributed by atoms with van der Waals surface area (Å²) in [6, 6.07) is 7.74. The number of benzene rings is 1. The fourth-order valence-electron chi connectivity index (χ4n) is 2.66. The van der Waals surface area contributed by atoms with E-state index in [0.29, 0.717) is 18.3 Å². The van der Waals surface area contributed by atoms with Crippen LogP contribution in [0.5, 0.6) is 0 Å². The highest BCUT2D eigenvalue weighted by Gasteiger charge is 2.15. The second kappa shape index (κ2) is 6.68. The number of rotatable bonds is 4. The highest BCUT2D eigenvalue weighted by atomic mass is 16.5. The zero-order chi connectivity index (χ0) is 16.2. The van der Waals surface area contributed by atoms with E-state index in [1.54, 1.807) is 14.0 Å². The molecule has 0 bridgehead atoms. The van der Waals surface area contributed by atoms with E-state index >= 15 is 0 Å². The molecule has 2 amide bonds. The molecule has 1 fully saturated rings. The van der Waals surface area contributed by atoms with Crippen molar-refractivity contribution in [1.82, 2.24) is 15.0 Å². The van der Waals surface area contributed by atoms with Crippen LogP contribution in [-0.2, 0) is 6.54 Å². The molecule has 0 unspecified atom stereocenters. The zero-order valence-electron chi connectivity index (χ0n) is 13.5. The molecule has 2 heterocycles. The van der Waals surface area contributed by atoms with Crippen LogP contribution < -0.4 is 10.2 Å². The number of aryl methyl sites for hydroxylation is 1. The van der Waals surface area contributed by atoms with Crippen LogP contribution in [0.1, 0.15) is 24.6 Å². The molecule has 1 aromatic carbocycles. The van der Waals surface area contributed by atoms with E-state index in [9.17, 15) is 4.79 Å². The number of carbonyl (C=O) groups excluding carboxylic acids is 1. The molecular weight excluding hydrogens is 294 g/mol. The third-order valence-electron chi connectivity index (χ3n) is 3.86. The molecule has 3 rings (SSSR count). The van der Waals surface area contributed by atoms with E-state index in [2.05, 4.69) is 26.4 Å². The normalized spacial score (nSPS) is 14.1. The molecule has 122 valence electrons. The summed E-state index contributed by atoms with van der Waals surface area (Å²) in [6.45, 7) is 4.18. The van der Waals surface area contributed by atoms with Crippen LogP contribution in [0.4, 0.5) is 16.2 Å². The van der Waals surface area contributed by atoms with Crippen molar-refractivity contribution in [2.75, 3.05) is 30.4 Å². The maximum absolute atomic E-state index is 12.3. The lowest BCUT2D eigenvalue weighted by atomic mass is 10.2. The summed E-state index contributed by atoms with van der Waals surface area (Å²) in [6.07, 6.45) is 2.45. The highest BCUT2D eigenvalue weighted by Crippen LogP contribution is 2.23. The predicted molar refractivity (Wildman–Crippen MR) is 87.4 cm³/mol. The number of aromatic nitrogens is 2. The topological polar surface area (TPSA) is 74.5 Å². The quantitative estimate of drug-likeness (QED) is 0.939. The van der Waals surface area contributed by atoms with E-state index in [1.807, 2.05) is 18.2 Å². The summed E-state index contributed by atoms with van der Waals surface area (Å²) in [7, 11) is 1.70. The Hall–Kier alpha value is -2.57. The first-order chi connectivity index (χ1) is 11.1. The summed E-state index contributed by atoms with van der Waals surface area (Å²) < 4.78 is 4.91. The molecule has 1 aliphatic heterocycles. The number of urea groups is 1. The van der Waals surface area contributed by atoms with Gasteiger partial charge in [-0.3, -0.25) is 0 Å². The largest absolute Gasteiger partial charge is 0.371 e. The van der Waals surface area contributed by atoms with E-state index < -0.39 is 0 Å². The molecule has 23 heavy (non-hydrogen) atoms. The number of amides is 2. The number of nitrogens with one attached hydrogen (secondary N) is 1. The first-order valence-electron chi connectivity index (χ1n) is 7.78. The molecular formula is C16H21N5O2. The second-order valence-electron chi connectivity index (χ2n) is 5.76. The molecule has 0 spiro atoms. The summed E-state index contributed by atoms with van der Waals surface area (Å²) in [5.74, 6) is 0.984. The van der Waals surface area contributed by atoms with Crippen molar-refractivity contribution in [2.24, 2.45) is 0 Å². The fourth-order valence-corrected chi connectivity index (χ4v) is 2.66. The SMILES string of the molecule is Cc1nc(CN(C)C(=O)Nc2cccc(N3CCCC3)c2)no1. The molecule has 1 saturated heterocycles. The minimum atomic E-state index is -0.203. The number of nitrogens with zero attached hydrogens (tertiary/aromatic N) is 4.